The molecule has 0 aliphatic rings. The highest BCUT2D eigenvalue weighted by molar-refractivity contribution is 6.13. The molecule has 2 aromatic carbocycles. The summed E-state index contributed by atoms with van der Waals surface area (Å²) in [6.07, 6.45) is 1.59. The summed E-state index contributed by atoms with van der Waals surface area (Å²) in [5.74, 6) is -0.375. The maximum Gasteiger partial charge on any atom is 0.341 e. The molecular formula is C19H20N2O3. The van der Waals surface area contributed by atoms with Crippen molar-refractivity contribution in [2.75, 3.05) is 32.2 Å². The van der Waals surface area contributed by atoms with E-state index in [1.807, 2.05) is 36.4 Å². The summed E-state index contributed by atoms with van der Waals surface area (Å²) >= 11 is 0. The van der Waals surface area contributed by atoms with Crippen molar-refractivity contribution >= 4 is 33.3 Å². The first kappa shape index (κ1) is 16.2. The van der Waals surface area contributed by atoms with Gasteiger partial charge in [-0.1, -0.05) is 36.4 Å². The Morgan fingerprint density at radius 2 is 2.00 bits per heavy atom. The molecular weight excluding hydrogens is 304 g/mol. The largest absolute Gasteiger partial charge is 0.462 e. The number of anilines is 1. The van der Waals surface area contributed by atoms with E-state index in [4.69, 9.17) is 9.47 Å². The molecule has 3 rings (SSSR count). The molecule has 1 heterocycles. The summed E-state index contributed by atoms with van der Waals surface area (Å²) < 4.78 is 10.3. The molecule has 0 amide bonds. The predicted molar refractivity (Wildman–Crippen MR) is 95.6 cm³/mol. The maximum absolute atomic E-state index is 12.3. The number of nitrogens with one attached hydrogen (secondary N) is 1. The Bertz CT molecular complexity index is 877. The molecule has 5 heteroatoms. The van der Waals surface area contributed by atoms with Gasteiger partial charge in [-0.05, 0) is 12.3 Å². The number of rotatable bonds is 6. The van der Waals surface area contributed by atoms with Crippen LogP contribution in [0.5, 0.6) is 0 Å². The molecule has 124 valence electrons. The summed E-state index contributed by atoms with van der Waals surface area (Å²) in [7, 11) is 1.64. The Morgan fingerprint density at radius 1 is 1.17 bits per heavy atom. The van der Waals surface area contributed by atoms with Crippen molar-refractivity contribution in [2.45, 2.75) is 6.92 Å². The number of carbonyl (C=O) groups is 1. The van der Waals surface area contributed by atoms with Crippen molar-refractivity contribution in [1.82, 2.24) is 4.98 Å². The highest BCUT2D eigenvalue weighted by Crippen LogP contribution is 2.31. The molecule has 0 fully saturated rings. The minimum atomic E-state index is -0.375. The average molecular weight is 324 g/mol. The summed E-state index contributed by atoms with van der Waals surface area (Å²) in [6.45, 7) is 3.25. The molecule has 0 saturated carbocycles. The Hall–Kier alpha value is -2.66. The molecule has 0 atom stereocenters. The minimum Gasteiger partial charge on any atom is -0.462 e. The zero-order chi connectivity index (χ0) is 16.9. The van der Waals surface area contributed by atoms with Crippen LogP contribution < -0.4 is 5.32 Å². The molecule has 1 aromatic heterocycles. The molecule has 0 bridgehead atoms. The number of methoxy groups -OCH3 is 1. The Balaban J connectivity index is 2.19. The zero-order valence-corrected chi connectivity index (χ0v) is 13.8. The van der Waals surface area contributed by atoms with Gasteiger partial charge in [-0.3, -0.25) is 4.98 Å². The third kappa shape index (κ3) is 3.03. The van der Waals surface area contributed by atoms with Crippen molar-refractivity contribution in [3.05, 3.63) is 48.2 Å². The number of esters is 1. The zero-order valence-electron chi connectivity index (χ0n) is 13.8. The standard InChI is InChI=1S/C19H20N2O3/c1-3-24-19(22)16-12-21-17-14-7-5-4-6-13(14)8-9-15(17)18(16)20-10-11-23-2/h4-9,12H,3,10-11H2,1-2H3,(H,20,21). The van der Waals surface area contributed by atoms with E-state index in [2.05, 4.69) is 10.3 Å². The lowest BCUT2D eigenvalue weighted by Gasteiger charge is -2.15. The van der Waals surface area contributed by atoms with Gasteiger partial charge in [-0.2, -0.15) is 0 Å². The monoisotopic (exact) mass is 324 g/mol. The molecule has 0 spiro atoms. The van der Waals surface area contributed by atoms with Crippen LogP contribution in [0, 0.1) is 0 Å². The van der Waals surface area contributed by atoms with E-state index in [-0.39, 0.29) is 5.97 Å². The number of fused-ring (bicyclic) bond motifs is 3. The van der Waals surface area contributed by atoms with Crippen LogP contribution in [-0.4, -0.2) is 37.8 Å². The van der Waals surface area contributed by atoms with Gasteiger partial charge in [0.25, 0.3) is 0 Å². The third-order valence-electron chi connectivity index (χ3n) is 3.87. The molecule has 0 saturated heterocycles. The lowest BCUT2D eigenvalue weighted by molar-refractivity contribution is 0.0527. The van der Waals surface area contributed by atoms with Crippen LogP contribution in [0.1, 0.15) is 17.3 Å². The van der Waals surface area contributed by atoms with Crippen molar-refractivity contribution in [1.29, 1.82) is 0 Å². The number of benzene rings is 2. The van der Waals surface area contributed by atoms with E-state index < -0.39 is 0 Å². The van der Waals surface area contributed by atoms with E-state index in [1.54, 1.807) is 20.2 Å². The molecule has 0 radical (unpaired) electrons. The number of aromatic nitrogens is 1. The second-order valence-electron chi connectivity index (χ2n) is 5.37. The normalized spacial score (nSPS) is 10.9. The smallest absolute Gasteiger partial charge is 0.341 e. The van der Waals surface area contributed by atoms with Gasteiger partial charge in [0.05, 0.1) is 24.4 Å². The number of ether oxygens (including phenoxy) is 2. The van der Waals surface area contributed by atoms with E-state index in [0.29, 0.717) is 25.3 Å². The fourth-order valence-corrected chi connectivity index (χ4v) is 2.77. The van der Waals surface area contributed by atoms with E-state index in [0.717, 1.165) is 27.4 Å². The lowest BCUT2D eigenvalue weighted by atomic mass is 10.0. The molecule has 24 heavy (non-hydrogen) atoms. The maximum atomic E-state index is 12.3. The number of hydrogen-bond acceptors (Lipinski definition) is 5. The predicted octanol–water partition coefficient (Wildman–Crippen LogP) is 3.62. The van der Waals surface area contributed by atoms with Crippen LogP contribution in [-0.2, 0) is 9.47 Å². The second-order valence-corrected chi connectivity index (χ2v) is 5.37. The minimum absolute atomic E-state index is 0.325. The van der Waals surface area contributed by atoms with Gasteiger partial charge < -0.3 is 14.8 Å². The van der Waals surface area contributed by atoms with Crippen molar-refractivity contribution < 1.29 is 14.3 Å². The molecule has 3 aromatic rings. The van der Waals surface area contributed by atoms with Crippen molar-refractivity contribution in [3.63, 3.8) is 0 Å². The van der Waals surface area contributed by atoms with Crippen LogP contribution in [0.15, 0.2) is 42.6 Å². The number of carbonyl (C=O) groups excluding carboxylic acids is 1. The van der Waals surface area contributed by atoms with Crippen LogP contribution in [0.25, 0.3) is 21.7 Å². The van der Waals surface area contributed by atoms with Gasteiger partial charge in [-0.25, -0.2) is 4.79 Å². The van der Waals surface area contributed by atoms with E-state index in [1.165, 1.54) is 0 Å². The fourth-order valence-electron chi connectivity index (χ4n) is 2.77. The Morgan fingerprint density at radius 3 is 2.79 bits per heavy atom. The first-order valence-electron chi connectivity index (χ1n) is 7.96. The van der Waals surface area contributed by atoms with Gasteiger partial charge >= 0.3 is 5.97 Å². The van der Waals surface area contributed by atoms with Crippen LogP contribution in [0.4, 0.5) is 5.69 Å². The van der Waals surface area contributed by atoms with Crippen LogP contribution in [0.2, 0.25) is 0 Å². The average Bonchev–Trinajstić information content (AvgIpc) is 2.61. The van der Waals surface area contributed by atoms with Gasteiger partial charge in [0.15, 0.2) is 0 Å². The van der Waals surface area contributed by atoms with E-state index in [9.17, 15) is 4.79 Å². The van der Waals surface area contributed by atoms with Gasteiger partial charge in [-0.15, -0.1) is 0 Å². The van der Waals surface area contributed by atoms with Gasteiger partial charge in [0.1, 0.15) is 5.56 Å². The Labute approximate surface area is 140 Å². The van der Waals surface area contributed by atoms with Gasteiger partial charge in [0, 0.05) is 30.6 Å². The van der Waals surface area contributed by atoms with E-state index >= 15 is 0 Å². The molecule has 0 aliphatic carbocycles. The van der Waals surface area contributed by atoms with Crippen LogP contribution >= 0.6 is 0 Å². The topological polar surface area (TPSA) is 60.5 Å². The summed E-state index contributed by atoms with van der Waals surface area (Å²) in [5.41, 5.74) is 2.04. The third-order valence-corrected chi connectivity index (χ3v) is 3.87. The number of nitrogens with zero attached hydrogens (tertiary/aromatic N) is 1. The van der Waals surface area contributed by atoms with Gasteiger partial charge in [0.2, 0.25) is 0 Å². The molecule has 5 nitrogen and oxygen atoms in total. The van der Waals surface area contributed by atoms with Crippen molar-refractivity contribution in [2.24, 2.45) is 0 Å². The SMILES string of the molecule is CCOC(=O)c1cnc2c(ccc3ccccc32)c1NCCOC. The summed E-state index contributed by atoms with van der Waals surface area (Å²) in [5, 5.41) is 6.36. The second kappa shape index (κ2) is 7.27. The Kier molecular flexibility index (Phi) is 4.91. The summed E-state index contributed by atoms with van der Waals surface area (Å²) in [4.78, 5) is 16.8. The summed E-state index contributed by atoms with van der Waals surface area (Å²) in [6, 6.07) is 12.1. The number of pyridine rings is 1. The molecule has 1 N–H and O–H groups in total. The number of hydrogen-bond donors (Lipinski definition) is 1. The lowest BCUT2D eigenvalue weighted by Crippen LogP contribution is -2.14. The first-order chi connectivity index (χ1) is 11.8. The molecule has 0 aliphatic heterocycles. The van der Waals surface area contributed by atoms with Crippen LogP contribution in [0.3, 0.4) is 0 Å². The highest BCUT2D eigenvalue weighted by atomic mass is 16.5. The van der Waals surface area contributed by atoms with Crippen molar-refractivity contribution in [3.8, 4) is 0 Å². The molecule has 0 unspecified atom stereocenters. The highest BCUT2D eigenvalue weighted by Gasteiger charge is 2.17. The first-order valence-corrected chi connectivity index (χ1v) is 7.96. The quantitative estimate of drug-likeness (QED) is 0.426. The fraction of sp³-hybridized carbons (Fsp3) is 0.263.